The minimum absolute atomic E-state index is 0.375. The van der Waals surface area contributed by atoms with Crippen LogP contribution < -0.4 is 0 Å². The molecular formula is C10H10O4. The highest BCUT2D eigenvalue weighted by atomic mass is 16.4. The number of aliphatic carboxylic acids is 1. The third-order valence-electron chi connectivity index (χ3n) is 1.76. The Morgan fingerprint density at radius 3 is 2.29 bits per heavy atom. The van der Waals surface area contributed by atoms with E-state index >= 15 is 0 Å². The van der Waals surface area contributed by atoms with Gasteiger partial charge >= 0.3 is 5.97 Å². The minimum Gasteiger partial charge on any atom is -0.479 e. The maximum Gasteiger partial charge on any atom is 0.332 e. The van der Waals surface area contributed by atoms with Gasteiger partial charge in [0.15, 0.2) is 11.9 Å². The maximum absolute atomic E-state index is 11.3. The number of carboxylic acid groups (broad SMARTS) is 1. The first-order chi connectivity index (χ1) is 6.61. The summed E-state index contributed by atoms with van der Waals surface area (Å²) in [5.74, 6) is -1.75. The molecule has 1 rings (SSSR count). The molecule has 0 heterocycles. The van der Waals surface area contributed by atoms with E-state index in [0.717, 1.165) is 0 Å². The fourth-order valence-corrected chi connectivity index (χ4v) is 1.00. The predicted octanol–water partition coefficient (Wildman–Crippen LogP) is 0.705. The van der Waals surface area contributed by atoms with Crippen LogP contribution in [0.15, 0.2) is 30.3 Å². The molecule has 0 unspecified atom stereocenters. The number of rotatable bonds is 4. The van der Waals surface area contributed by atoms with Crippen molar-refractivity contribution in [2.45, 2.75) is 12.5 Å². The van der Waals surface area contributed by atoms with E-state index in [0.29, 0.717) is 5.56 Å². The Hall–Kier alpha value is -1.68. The van der Waals surface area contributed by atoms with Gasteiger partial charge in [-0.15, -0.1) is 0 Å². The van der Waals surface area contributed by atoms with Gasteiger partial charge in [0, 0.05) is 12.0 Å². The molecule has 1 atom stereocenters. The standard InChI is InChI=1S/C10H10O4/c11-8(6-9(12)10(13)14)7-4-2-1-3-5-7/h1-5,9,12H,6H2,(H,13,14)/t9-/m0/s1. The summed E-state index contributed by atoms with van der Waals surface area (Å²) < 4.78 is 0. The van der Waals surface area contributed by atoms with Crippen molar-refractivity contribution in [3.05, 3.63) is 35.9 Å². The molecule has 2 N–H and O–H groups in total. The molecule has 0 amide bonds. The summed E-state index contributed by atoms with van der Waals surface area (Å²) in [6.45, 7) is 0. The second-order valence-corrected chi connectivity index (χ2v) is 2.85. The van der Waals surface area contributed by atoms with Crippen molar-refractivity contribution in [1.82, 2.24) is 0 Å². The van der Waals surface area contributed by atoms with Crippen LogP contribution in [0.2, 0.25) is 0 Å². The second kappa shape index (κ2) is 4.53. The fraction of sp³-hybridized carbons (Fsp3) is 0.200. The Kier molecular flexibility index (Phi) is 3.36. The van der Waals surface area contributed by atoms with Gasteiger partial charge in [0.1, 0.15) is 0 Å². The van der Waals surface area contributed by atoms with E-state index in [2.05, 4.69) is 0 Å². The molecule has 74 valence electrons. The molecule has 14 heavy (non-hydrogen) atoms. The molecule has 0 aliphatic carbocycles. The second-order valence-electron chi connectivity index (χ2n) is 2.85. The van der Waals surface area contributed by atoms with Crippen molar-refractivity contribution in [3.8, 4) is 0 Å². The number of ketones is 1. The van der Waals surface area contributed by atoms with E-state index in [1.54, 1.807) is 30.3 Å². The van der Waals surface area contributed by atoms with Crippen LogP contribution in [0.5, 0.6) is 0 Å². The number of carbonyl (C=O) groups excluding carboxylic acids is 1. The first kappa shape index (κ1) is 10.4. The molecule has 0 aromatic heterocycles. The number of benzene rings is 1. The van der Waals surface area contributed by atoms with E-state index in [1.165, 1.54) is 0 Å². The lowest BCUT2D eigenvalue weighted by atomic mass is 10.1. The maximum atomic E-state index is 11.3. The third-order valence-corrected chi connectivity index (χ3v) is 1.76. The lowest BCUT2D eigenvalue weighted by molar-refractivity contribution is -0.146. The van der Waals surface area contributed by atoms with Crippen LogP contribution in [0.1, 0.15) is 16.8 Å². The molecule has 0 aliphatic rings. The molecule has 0 radical (unpaired) electrons. The Balaban J connectivity index is 2.64. The summed E-state index contributed by atoms with van der Waals surface area (Å²) in [6.07, 6.45) is -2.01. The smallest absolute Gasteiger partial charge is 0.332 e. The lowest BCUT2D eigenvalue weighted by Crippen LogP contribution is -2.23. The zero-order valence-electron chi connectivity index (χ0n) is 7.38. The topological polar surface area (TPSA) is 74.6 Å². The van der Waals surface area contributed by atoms with Crippen LogP contribution in [-0.2, 0) is 4.79 Å². The van der Waals surface area contributed by atoms with E-state index in [-0.39, 0.29) is 12.2 Å². The van der Waals surface area contributed by atoms with Crippen molar-refractivity contribution in [1.29, 1.82) is 0 Å². The Morgan fingerprint density at radius 1 is 1.21 bits per heavy atom. The van der Waals surface area contributed by atoms with Crippen LogP contribution >= 0.6 is 0 Å². The van der Waals surface area contributed by atoms with E-state index in [9.17, 15) is 9.59 Å². The molecule has 1 aromatic carbocycles. The van der Waals surface area contributed by atoms with Crippen molar-refractivity contribution in [3.63, 3.8) is 0 Å². The van der Waals surface area contributed by atoms with Gasteiger partial charge in [-0.25, -0.2) is 4.79 Å². The summed E-state index contributed by atoms with van der Waals surface area (Å²) in [6, 6.07) is 8.28. The van der Waals surface area contributed by atoms with Gasteiger partial charge in [0.25, 0.3) is 0 Å². The van der Waals surface area contributed by atoms with Gasteiger partial charge in [-0.3, -0.25) is 4.79 Å². The van der Waals surface area contributed by atoms with Gasteiger partial charge < -0.3 is 10.2 Å². The molecule has 0 aliphatic heterocycles. The predicted molar refractivity (Wildman–Crippen MR) is 49.0 cm³/mol. The van der Waals surface area contributed by atoms with Gasteiger partial charge in [-0.05, 0) is 0 Å². The normalized spacial score (nSPS) is 12.1. The monoisotopic (exact) mass is 194 g/mol. The summed E-state index contributed by atoms with van der Waals surface area (Å²) in [4.78, 5) is 21.6. The molecule has 0 spiro atoms. The minimum atomic E-state index is -1.62. The molecular weight excluding hydrogens is 184 g/mol. The van der Waals surface area contributed by atoms with Crippen LogP contribution in [0.25, 0.3) is 0 Å². The first-order valence-corrected chi connectivity index (χ1v) is 4.10. The average Bonchev–Trinajstić information content (AvgIpc) is 2.19. The van der Waals surface area contributed by atoms with Gasteiger partial charge in [0.2, 0.25) is 0 Å². The molecule has 0 fully saturated rings. The van der Waals surface area contributed by atoms with Crippen molar-refractivity contribution < 1.29 is 19.8 Å². The molecule has 0 bridgehead atoms. The SMILES string of the molecule is O=C(C[C@H](O)C(=O)O)c1ccccc1. The number of aliphatic hydroxyl groups is 1. The summed E-state index contributed by atoms with van der Waals surface area (Å²) in [7, 11) is 0. The highest BCUT2D eigenvalue weighted by molar-refractivity contribution is 5.98. The highest BCUT2D eigenvalue weighted by Crippen LogP contribution is 2.05. The Bertz CT molecular complexity index is 331. The molecule has 4 nitrogen and oxygen atoms in total. The summed E-state index contributed by atoms with van der Waals surface area (Å²) >= 11 is 0. The van der Waals surface area contributed by atoms with E-state index < -0.39 is 12.1 Å². The Labute approximate surface area is 80.8 Å². The van der Waals surface area contributed by atoms with Crippen LogP contribution in [0.4, 0.5) is 0 Å². The third kappa shape index (κ3) is 2.67. The molecule has 0 saturated carbocycles. The van der Waals surface area contributed by atoms with Gasteiger partial charge in [-0.1, -0.05) is 30.3 Å². The molecule has 4 heteroatoms. The van der Waals surface area contributed by atoms with Crippen molar-refractivity contribution in [2.24, 2.45) is 0 Å². The number of carboxylic acids is 1. The fourth-order valence-electron chi connectivity index (χ4n) is 1.00. The van der Waals surface area contributed by atoms with Crippen LogP contribution in [0.3, 0.4) is 0 Å². The van der Waals surface area contributed by atoms with Crippen molar-refractivity contribution >= 4 is 11.8 Å². The van der Waals surface area contributed by atoms with Crippen LogP contribution in [0, 0.1) is 0 Å². The number of Topliss-reactive ketones (excluding diaryl/α,β-unsaturated/α-hetero) is 1. The number of hydrogen-bond donors (Lipinski definition) is 2. The average molecular weight is 194 g/mol. The highest BCUT2D eigenvalue weighted by Gasteiger charge is 2.18. The first-order valence-electron chi connectivity index (χ1n) is 4.10. The van der Waals surface area contributed by atoms with Gasteiger partial charge in [-0.2, -0.15) is 0 Å². The lowest BCUT2D eigenvalue weighted by Gasteiger charge is -2.03. The summed E-state index contributed by atoms with van der Waals surface area (Å²) in [5.41, 5.74) is 0.410. The molecule has 0 saturated heterocycles. The number of aliphatic hydroxyl groups excluding tert-OH is 1. The number of hydrogen-bond acceptors (Lipinski definition) is 3. The Morgan fingerprint density at radius 2 is 1.79 bits per heavy atom. The van der Waals surface area contributed by atoms with Crippen LogP contribution in [-0.4, -0.2) is 28.1 Å². The largest absolute Gasteiger partial charge is 0.479 e. The van der Waals surface area contributed by atoms with E-state index in [4.69, 9.17) is 10.2 Å². The quantitative estimate of drug-likeness (QED) is 0.692. The van der Waals surface area contributed by atoms with Gasteiger partial charge in [0.05, 0.1) is 0 Å². The molecule has 1 aromatic rings. The summed E-state index contributed by atoms with van der Waals surface area (Å²) in [5, 5.41) is 17.3. The van der Waals surface area contributed by atoms with E-state index in [1.807, 2.05) is 0 Å². The number of carbonyl (C=O) groups is 2. The van der Waals surface area contributed by atoms with Crippen molar-refractivity contribution in [2.75, 3.05) is 0 Å². The zero-order valence-corrected chi connectivity index (χ0v) is 7.38. The zero-order chi connectivity index (χ0) is 10.6.